The van der Waals surface area contributed by atoms with E-state index in [4.69, 9.17) is 0 Å². The van der Waals surface area contributed by atoms with Crippen LogP contribution in [0.4, 0.5) is 0 Å². The molecular formula is C14H22O. The van der Waals surface area contributed by atoms with E-state index in [9.17, 15) is 4.79 Å². The van der Waals surface area contributed by atoms with Crippen molar-refractivity contribution in [1.82, 2.24) is 0 Å². The molecule has 1 heteroatoms. The molecule has 84 valence electrons. The molecule has 0 radical (unpaired) electrons. The van der Waals surface area contributed by atoms with Crippen LogP contribution in [0.2, 0.25) is 0 Å². The maximum Gasteiger partial charge on any atom is 0.155 e. The van der Waals surface area contributed by atoms with Crippen LogP contribution in [-0.4, -0.2) is 5.78 Å². The Bertz CT molecular complexity index is 288. The first-order valence-electron chi connectivity index (χ1n) is 5.41. The van der Waals surface area contributed by atoms with Gasteiger partial charge in [-0.1, -0.05) is 29.9 Å². The summed E-state index contributed by atoms with van der Waals surface area (Å²) in [5.74, 6) is 0.0864. The van der Waals surface area contributed by atoms with Crippen molar-refractivity contribution in [1.29, 1.82) is 0 Å². The summed E-state index contributed by atoms with van der Waals surface area (Å²) < 4.78 is 0. The molecule has 0 fully saturated rings. The molecule has 0 atom stereocenters. The number of hydrogen-bond donors (Lipinski definition) is 0. The third kappa shape index (κ3) is 7.92. The van der Waals surface area contributed by atoms with Crippen LogP contribution >= 0.6 is 0 Å². The van der Waals surface area contributed by atoms with E-state index in [-0.39, 0.29) is 5.78 Å². The molecule has 0 aliphatic rings. The van der Waals surface area contributed by atoms with Gasteiger partial charge in [-0.25, -0.2) is 0 Å². The van der Waals surface area contributed by atoms with Gasteiger partial charge in [0.25, 0.3) is 0 Å². The summed E-state index contributed by atoms with van der Waals surface area (Å²) in [6, 6.07) is 0. The summed E-state index contributed by atoms with van der Waals surface area (Å²) in [6.45, 7) is 11.6. The minimum atomic E-state index is 0.0864. The fourth-order valence-electron chi connectivity index (χ4n) is 1.13. The lowest BCUT2D eigenvalue weighted by Crippen LogP contribution is -1.93. The molecule has 0 unspecified atom stereocenters. The second kappa shape index (κ2) is 7.22. The Morgan fingerprint density at radius 1 is 1.13 bits per heavy atom. The third-order valence-corrected chi connectivity index (χ3v) is 2.29. The monoisotopic (exact) mass is 206 g/mol. The van der Waals surface area contributed by atoms with Gasteiger partial charge in [0.2, 0.25) is 0 Å². The van der Waals surface area contributed by atoms with Gasteiger partial charge in [0.05, 0.1) is 0 Å². The minimum absolute atomic E-state index is 0.0864. The summed E-state index contributed by atoms with van der Waals surface area (Å²) in [5, 5.41) is 0. The standard InChI is InChI=1S/C14H22O/c1-11(2)7-6-8-12(3)9-10-13(4)14(5)15/h7,9H,4,6,8,10H2,1-3,5H3. The Balaban J connectivity index is 3.95. The number of carbonyl (C=O) groups is 1. The van der Waals surface area contributed by atoms with Crippen molar-refractivity contribution in [2.75, 3.05) is 0 Å². The van der Waals surface area contributed by atoms with E-state index >= 15 is 0 Å². The number of hydrogen-bond acceptors (Lipinski definition) is 1. The van der Waals surface area contributed by atoms with Crippen molar-refractivity contribution in [3.63, 3.8) is 0 Å². The normalized spacial score (nSPS) is 11.1. The van der Waals surface area contributed by atoms with E-state index in [2.05, 4.69) is 39.5 Å². The molecule has 0 aromatic heterocycles. The van der Waals surface area contributed by atoms with Crippen LogP contribution in [0.15, 0.2) is 35.5 Å². The molecule has 0 N–H and O–H groups in total. The van der Waals surface area contributed by atoms with E-state index < -0.39 is 0 Å². The predicted octanol–water partition coefficient (Wildman–Crippen LogP) is 4.21. The van der Waals surface area contributed by atoms with Crippen molar-refractivity contribution in [2.45, 2.75) is 47.0 Å². The second-order valence-electron chi connectivity index (χ2n) is 4.23. The van der Waals surface area contributed by atoms with Crippen molar-refractivity contribution in [3.8, 4) is 0 Å². The number of ketones is 1. The average molecular weight is 206 g/mol. The van der Waals surface area contributed by atoms with Crippen LogP contribution in [-0.2, 0) is 4.79 Å². The highest BCUT2D eigenvalue weighted by Crippen LogP contribution is 2.10. The van der Waals surface area contributed by atoms with Gasteiger partial charge in [-0.15, -0.1) is 0 Å². The maximum atomic E-state index is 10.9. The maximum absolute atomic E-state index is 10.9. The molecule has 0 spiro atoms. The van der Waals surface area contributed by atoms with Crippen LogP contribution in [0.1, 0.15) is 47.0 Å². The quantitative estimate of drug-likeness (QED) is 0.470. The third-order valence-electron chi connectivity index (χ3n) is 2.29. The Morgan fingerprint density at radius 2 is 1.73 bits per heavy atom. The van der Waals surface area contributed by atoms with Gasteiger partial charge in [-0.3, -0.25) is 4.79 Å². The summed E-state index contributed by atoms with van der Waals surface area (Å²) in [6.07, 6.45) is 7.17. The van der Waals surface area contributed by atoms with Crippen molar-refractivity contribution >= 4 is 5.78 Å². The first-order valence-corrected chi connectivity index (χ1v) is 5.41. The van der Waals surface area contributed by atoms with E-state index in [1.54, 1.807) is 6.92 Å². The smallest absolute Gasteiger partial charge is 0.155 e. The van der Waals surface area contributed by atoms with E-state index in [1.807, 2.05) is 0 Å². The number of Topliss-reactive ketones (excluding diaryl/α,β-unsaturated/α-hetero) is 1. The number of rotatable bonds is 6. The largest absolute Gasteiger partial charge is 0.295 e. The lowest BCUT2D eigenvalue weighted by Gasteiger charge is -2.00. The predicted molar refractivity (Wildman–Crippen MR) is 66.9 cm³/mol. The molecule has 0 amide bonds. The van der Waals surface area contributed by atoms with E-state index in [1.165, 1.54) is 11.1 Å². The molecule has 0 aromatic rings. The second-order valence-corrected chi connectivity index (χ2v) is 4.23. The van der Waals surface area contributed by atoms with Gasteiger partial charge in [0, 0.05) is 0 Å². The Labute approximate surface area is 93.6 Å². The topological polar surface area (TPSA) is 17.1 Å². The number of carbonyl (C=O) groups excluding carboxylic acids is 1. The lowest BCUT2D eigenvalue weighted by atomic mass is 10.1. The SMILES string of the molecule is C=C(CC=C(C)CCC=C(C)C)C(C)=O. The van der Waals surface area contributed by atoms with Crippen LogP contribution in [0, 0.1) is 0 Å². The highest BCUT2D eigenvalue weighted by atomic mass is 16.1. The average Bonchev–Trinajstić information content (AvgIpc) is 2.13. The van der Waals surface area contributed by atoms with Crippen molar-refractivity contribution < 1.29 is 4.79 Å². The lowest BCUT2D eigenvalue weighted by molar-refractivity contribution is -0.113. The summed E-state index contributed by atoms with van der Waals surface area (Å²) in [4.78, 5) is 10.9. The van der Waals surface area contributed by atoms with Gasteiger partial charge in [-0.2, -0.15) is 0 Å². The highest BCUT2D eigenvalue weighted by Gasteiger charge is 1.97. The van der Waals surface area contributed by atoms with E-state index in [0.717, 1.165) is 12.8 Å². The molecule has 0 heterocycles. The Morgan fingerprint density at radius 3 is 2.20 bits per heavy atom. The molecule has 0 aliphatic carbocycles. The summed E-state index contributed by atoms with van der Waals surface area (Å²) >= 11 is 0. The molecule has 0 bridgehead atoms. The van der Waals surface area contributed by atoms with Crippen LogP contribution in [0.25, 0.3) is 0 Å². The van der Waals surface area contributed by atoms with E-state index in [0.29, 0.717) is 12.0 Å². The zero-order chi connectivity index (χ0) is 11.8. The molecule has 15 heavy (non-hydrogen) atoms. The van der Waals surface area contributed by atoms with Crippen molar-refractivity contribution in [3.05, 3.63) is 35.5 Å². The highest BCUT2D eigenvalue weighted by molar-refractivity contribution is 5.92. The molecule has 0 saturated carbocycles. The van der Waals surface area contributed by atoms with Gasteiger partial charge < -0.3 is 0 Å². The van der Waals surface area contributed by atoms with Crippen LogP contribution in [0.5, 0.6) is 0 Å². The zero-order valence-corrected chi connectivity index (χ0v) is 10.4. The van der Waals surface area contributed by atoms with Crippen LogP contribution in [0.3, 0.4) is 0 Å². The minimum Gasteiger partial charge on any atom is -0.295 e. The van der Waals surface area contributed by atoms with Gasteiger partial charge in [0.1, 0.15) is 0 Å². The van der Waals surface area contributed by atoms with Gasteiger partial charge >= 0.3 is 0 Å². The fourth-order valence-corrected chi connectivity index (χ4v) is 1.13. The van der Waals surface area contributed by atoms with Gasteiger partial charge in [-0.05, 0) is 52.5 Å². The Hall–Kier alpha value is -1.11. The molecular weight excluding hydrogens is 184 g/mol. The Kier molecular flexibility index (Phi) is 6.68. The molecule has 0 aromatic carbocycles. The summed E-state index contributed by atoms with van der Waals surface area (Å²) in [5.41, 5.74) is 3.38. The number of allylic oxidation sites excluding steroid dienone is 5. The molecule has 0 saturated heterocycles. The first-order chi connectivity index (χ1) is 6.93. The molecule has 1 nitrogen and oxygen atoms in total. The fraction of sp³-hybridized carbons (Fsp3) is 0.500. The molecule has 0 aliphatic heterocycles. The van der Waals surface area contributed by atoms with Crippen molar-refractivity contribution in [2.24, 2.45) is 0 Å². The molecule has 0 rings (SSSR count). The van der Waals surface area contributed by atoms with Gasteiger partial charge in [0.15, 0.2) is 5.78 Å². The summed E-state index contributed by atoms with van der Waals surface area (Å²) in [7, 11) is 0. The van der Waals surface area contributed by atoms with Crippen LogP contribution < -0.4 is 0 Å². The zero-order valence-electron chi connectivity index (χ0n) is 10.4. The first kappa shape index (κ1) is 13.9.